The van der Waals surface area contributed by atoms with E-state index in [1.807, 2.05) is 0 Å². The van der Waals surface area contributed by atoms with E-state index in [2.05, 4.69) is 16.0 Å². The van der Waals surface area contributed by atoms with Crippen LogP contribution >= 0.6 is 0 Å². The molecule has 0 aliphatic heterocycles. The first-order valence-electron chi connectivity index (χ1n) is 19.1. The summed E-state index contributed by atoms with van der Waals surface area (Å²) >= 11 is 0. The third-order valence-electron chi connectivity index (χ3n) is 7.06. The number of aliphatic hydroxyl groups is 1. The van der Waals surface area contributed by atoms with Crippen molar-refractivity contribution in [3.8, 4) is 0 Å². The van der Waals surface area contributed by atoms with Gasteiger partial charge in [-0.15, -0.1) is 0 Å². The van der Waals surface area contributed by atoms with E-state index in [0.717, 1.165) is 12.8 Å². The number of unbranched alkanes of at least 4 members (excludes halogenated alkanes) is 1. The van der Waals surface area contributed by atoms with Crippen LogP contribution in [-0.4, -0.2) is 181 Å². The number of hydrogen-bond donors (Lipinski definition) is 6. The van der Waals surface area contributed by atoms with Crippen LogP contribution in [0.25, 0.3) is 0 Å². The summed E-state index contributed by atoms with van der Waals surface area (Å²) < 4.78 is 48.8. The Morgan fingerprint density at radius 1 is 0.453 bits per heavy atom. The molecule has 3 amide bonds. The minimum absolute atomic E-state index is 0.000955. The van der Waals surface area contributed by atoms with E-state index < -0.39 is 6.04 Å². The van der Waals surface area contributed by atoms with E-state index in [0.29, 0.717) is 171 Å². The molecule has 0 radical (unpaired) electrons. The van der Waals surface area contributed by atoms with Crippen LogP contribution in [0.2, 0.25) is 0 Å². The molecule has 53 heavy (non-hydrogen) atoms. The van der Waals surface area contributed by atoms with Gasteiger partial charge in [-0.3, -0.25) is 14.4 Å². The van der Waals surface area contributed by atoms with E-state index in [-0.39, 0.29) is 37.2 Å². The van der Waals surface area contributed by atoms with Crippen LogP contribution in [0.4, 0.5) is 0 Å². The van der Waals surface area contributed by atoms with Gasteiger partial charge in [0, 0.05) is 52.3 Å². The Bertz CT molecular complexity index is 820. The molecule has 1 atom stereocenters. The summed E-state index contributed by atoms with van der Waals surface area (Å²) in [6, 6.07) is -0.486. The summed E-state index contributed by atoms with van der Waals surface area (Å²) in [7, 11) is 0. The van der Waals surface area contributed by atoms with E-state index in [4.69, 9.17) is 59.2 Å². The van der Waals surface area contributed by atoms with Gasteiger partial charge < -0.3 is 75.2 Å². The average molecular weight is 770 g/mol. The van der Waals surface area contributed by atoms with Crippen molar-refractivity contribution < 1.29 is 62.1 Å². The van der Waals surface area contributed by atoms with Gasteiger partial charge in [-0.25, -0.2) is 0 Å². The predicted molar refractivity (Wildman–Crippen MR) is 197 cm³/mol. The first-order valence-corrected chi connectivity index (χ1v) is 19.1. The summed E-state index contributed by atoms with van der Waals surface area (Å²) in [5.41, 5.74) is 11.3. The van der Waals surface area contributed by atoms with Crippen LogP contribution in [0, 0.1) is 0 Å². The molecule has 0 aromatic carbocycles. The SMILES string of the molecule is NCCCC[C@H](N)C(=O)NCCCOCCOCCOCCCNC(=O)CCOCCOCCOCCOCCOCCC(=O)NCCCOCCO. The van der Waals surface area contributed by atoms with Gasteiger partial charge in [-0.2, -0.15) is 0 Å². The van der Waals surface area contributed by atoms with Crippen molar-refractivity contribution in [2.45, 2.75) is 57.4 Å². The van der Waals surface area contributed by atoms with E-state index in [1.165, 1.54) is 0 Å². The molecule has 0 fully saturated rings. The van der Waals surface area contributed by atoms with E-state index in [9.17, 15) is 14.4 Å². The van der Waals surface area contributed by atoms with Gasteiger partial charge in [0.15, 0.2) is 0 Å². The first-order chi connectivity index (χ1) is 26.0. The molecule has 314 valence electrons. The molecular weight excluding hydrogens is 698 g/mol. The second-order valence-electron chi connectivity index (χ2n) is 11.7. The highest BCUT2D eigenvalue weighted by Crippen LogP contribution is 1.98. The molecule has 18 nitrogen and oxygen atoms in total. The highest BCUT2D eigenvalue weighted by Gasteiger charge is 2.11. The normalized spacial score (nSPS) is 11.8. The Hall–Kier alpha value is -2.07. The minimum atomic E-state index is -0.486. The minimum Gasteiger partial charge on any atom is -0.394 e. The lowest BCUT2D eigenvalue weighted by atomic mass is 10.1. The Kier molecular flexibility index (Phi) is 41.0. The van der Waals surface area contributed by atoms with Crippen LogP contribution in [0.5, 0.6) is 0 Å². The Morgan fingerprint density at radius 3 is 1.17 bits per heavy atom. The van der Waals surface area contributed by atoms with Crippen LogP contribution in [0.15, 0.2) is 0 Å². The molecule has 0 saturated carbocycles. The zero-order chi connectivity index (χ0) is 38.7. The molecule has 18 heteroatoms. The number of aliphatic hydroxyl groups excluding tert-OH is 1. The zero-order valence-electron chi connectivity index (χ0n) is 32.0. The molecule has 0 saturated heterocycles. The predicted octanol–water partition coefficient (Wildman–Crippen LogP) is -1.12. The first kappa shape index (κ1) is 50.9. The van der Waals surface area contributed by atoms with Crippen molar-refractivity contribution in [1.29, 1.82) is 0 Å². The Balaban J connectivity index is 3.25. The van der Waals surface area contributed by atoms with Crippen molar-refractivity contribution in [2.75, 3.05) is 152 Å². The smallest absolute Gasteiger partial charge is 0.236 e. The largest absolute Gasteiger partial charge is 0.394 e. The van der Waals surface area contributed by atoms with Crippen molar-refractivity contribution >= 4 is 17.7 Å². The molecule has 0 aliphatic rings. The summed E-state index contributed by atoms with van der Waals surface area (Å²) in [5.74, 6) is -0.281. The van der Waals surface area contributed by atoms with E-state index in [1.54, 1.807) is 0 Å². The Morgan fingerprint density at radius 2 is 0.792 bits per heavy atom. The standard InChI is InChI=1S/C35H71N5O13/c36-9-2-1-6-32(37)35(44)40-12-5-16-47-21-25-50-24-20-46-15-4-11-39-34(43)8-18-49-23-27-52-29-31-53-30-28-51-26-22-48-17-7-33(42)38-10-3-14-45-19-13-41/h32,41H,1-31,36-37H2,(H,38,42)(H,39,43)(H,40,44)/t32-/m0/s1. The van der Waals surface area contributed by atoms with Crippen molar-refractivity contribution in [3.05, 3.63) is 0 Å². The molecule has 0 bridgehead atoms. The van der Waals surface area contributed by atoms with Crippen LogP contribution in [-0.2, 0) is 57.0 Å². The number of nitrogens with one attached hydrogen (secondary N) is 3. The van der Waals surface area contributed by atoms with Crippen molar-refractivity contribution in [3.63, 3.8) is 0 Å². The van der Waals surface area contributed by atoms with Crippen LogP contribution in [0.1, 0.15) is 51.4 Å². The van der Waals surface area contributed by atoms with Gasteiger partial charge in [-0.1, -0.05) is 6.42 Å². The maximum atomic E-state index is 11.9. The molecule has 0 rings (SSSR count). The molecule has 0 spiro atoms. The van der Waals surface area contributed by atoms with Gasteiger partial charge >= 0.3 is 0 Å². The second-order valence-corrected chi connectivity index (χ2v) is 11.7. The van der Waals surface area contributed by atoms with Gasteiger partial charge in [0.05, 0.1) is 112 Å². The number of ether oxygens (including phenoxy) is 9. The molecular formula is C35H71N5O13. The lowest BCUT2D eigenvalue weighted by Gasteiger charge is -2.12. The third kappa shape index (κ3) is 40.9. The third-order valence-corrected chi connectivity index (χ3v) is 7.06. The number of nitrogens with two attached hydrogens (primary N) is 2. The molecule has 0 aromatic rings. The summed E-state index contributed by atoms with van der Waals surface area (Å²) in [5, 5.41) is 17.1. The number of carbonyl (C=O) groups is 3. The lowest BCUT2D eigenvalue weighted by Crippen LogP contribution is -2.41. The molecule has 0 aromatic heterocycles. The van der Waals surface area contributed by atoms with E-state index >= 15 is 0 Å². The summed E-state index contributed by atoms with van der Waals surface area (Å²) in [6.07, 6.45) is 5.04. The molecule has 0 heterocycles. The number of carbonyl (C=O) groups excluding carboxylic acids is 3. The van der Waals surface area contributed by atoms with Gasteiger partial charge in [0.2, 0.25) is 17.7 Å². The van der Waals surface area contributed by atoms with Crippen LogP contribution < -0.4 is 27.4 Å². The van der Waals surface area contributed by atoms with Crippen molar-refractivity contribution in [2.24, 2.45) is 11.5 Å². The lowest BCUT2D eigenvalue weighted by molar-refractivity contribution is -0.123. The highest BCUT2D eigenvalue weighted by atomic mass is 16.6. The topological polar surface area (TPSA) is 243 Å². The molecule has 8 N–H and O–H groups in total. The fourth-order valence-electron chi connectivity index (χ4n) is 4.16. The van der Waals surface area contributed by atoms with Gasteiger partial charge in [-0.05, 0) is 38.6 Å². The number of amides is 3. The maximum Gasteiger partial charge on any atom is 0.236 e. The maximum absolute atomic E-state index is 11.9. The Labute approximate surface area is 316 Å². The monoisotopic (exact) mass is 770 g/mol. The zero-order valence-corrected chi connectivity index (χ0v) is 32.0. The quantitative estimate of drug-likeness (QED) is 0.0403. The average Bonchev–Trinajstić information content (AvgIpc) is 3.15. The highest BCUT2D eigenvalue weighted by molar-refractivity contribution is 5.81. The molecule has 0 unspecified atom stereocenters. The number of hydrogen-bond acceptors (Lipinski definition) is 15. The molecule has 0 aliphatic carbocycles. The van der Waals surface area contributed by atoms with Gasteiger partial charge in [0.25, 0.3) is 0 Å². The summed E-state index contributed by atoms with van der Waals surface area (Å²) in [6.45, 7) is 9.97. The number of rotatable bonds is 43. The summed E-state index contributed by atoms with van der Waals surface area (Å²) in [4.78, 5) is 35.5. The fraction of sp³-hybridized carbons (Fsp3) is 0.914. The van der Waals surface area contributed by atoms with Gasteiger partial charge in [0.1, 0.15) is 0 Å². The van der Waals surface area contributed by atoms with Crippen molar-refractivity contribution in [1.82, 2.24) is 16.0 Å². The van der Waals surface area contributed by atoms with Crippen LogP contribution in [0.3, 0.4) is 0 Å². The fourth-order valence-corrected chi connectivity index (χ4v) is 4.16. The second kappa shape index (κ2) is 42.7.